The fourth-order valence-electron chi connectivity index (χ4n) is 0. The van der Waals surface area contributed by atoms with Crippen LogP contribution in [0.1, 0.15) is 0 Å². The van der Waals surface area contributed by atoms with Crippen LogP contribution in [0.4, 0.5) is 0 Å². The van der Waals surface area contributed by atoms with E-state index in [9.17, 15) is 0 Å². The highest BCUT2D eigenvalue weighted by Crippen LogP contribution is 0.656. The summed E-state index contributed by atoms with van der Waals surface area (Å²) in [5, 5.41) is 0. The fraction of sp³-hybridized carbons (Fsp3) is 0. The second-order valence-electron chi connectivity index (χ2n) is 0. The molecule has 0 unspecified atom stereocenters. The zero-order valence-corrected chi connectivity index (χ0v) is 13.5. The molecule has 0 amide bonds. The van der Waals surface area contributed by atoms with Gasteiger partial charge >= 0.3 is 0 Å². The minimum Gasteiger partial charge on any atom is -0.197 e. The molecule has 9 heavy (non-hydrogen) atoms. The van der Waals surface area contributed by atoms with Crippen molar-refractivity contribution in [3.05, 3.63) is 0 Å². The van der Waals surface area contributed by atoms with Crippen LogP contribution in [0.15, 0.2) is 0 Å². The van der Waals surface area contributed by atoms with Crippen LogP contribution < -0.4 is 0 Å². The summed E-state index contributed by atoms with van der Waals surface area (Å²) in [6.07, 6.45) is 0. The van der Waals surface area contributed by atoms with Gasteiger partial charge in [-0.1, -0.05) is 0 Å². The monoisotopic (exact) mass is 306 g/mol. The van der Waals surface area contributed by atoms with Gasteiger partial charge in [0, 0.05) is 0 Å². The quantitative estimate of drug-likeness (QED) is 0.627. The van der Waals surface area contributed by atoms with Gasteiger partial charge in [-0.3, -0.25) is 0 Å². The molecule has 0 radical (unpaired) electrons. The maximum absolute atomic E-state index is 0. The van der Waals surface area contributed by atoms with Gasteiger partial charge in [-0.05, 0) is 0 Å². The van der Waals surface area contributed by atoms with Gasteiger partial charge in [0.25, 0.3) is 0 Å². The first kappa shape index (κ1) is 152. The molecule has 0 nitrogen and oxygen atoms in total. The minimum absolute atomic E-state index is 0. The summed E-state index contributed by atoms with van der Waals surface area (Å²) in [6, 6.07) is 0. The van der Waals surface area contributed by atoms with Gasteiger partial charge in [0.15, 0.2) is 0 Å². The normalized spacial score (nSPS) is 0. The van der Waals surface area contributed by atoms with E-state index in [-0.39, 0.29) is 121 Å². The maximum Gasteiger partial charge on any atom is -0.197 e. The van der Waals surface area contributed by atoms with Crippen LogP contribution >= 0.6 is 121 Å². The molecule has 0 aromatic heterocycles. The number of hydrogen-bond donors (Lipinski definition) is 0. The molecule has 0 aromatic rings. The third kappa shape index (κ3) is 94.1. The summed E-state index contributed by atoms with van der Waals surface area (Å²) in [4.78, 5) is 0. The lowest BCUT2D eigenvalue weighted by molar-refractivity contribution is 7.59. The fourth-order valence-corrected chi connectivity index (χ4v) is 0. The average Bonchev–Trinajstić information content (AvgIpc) is 0. The van der Waals surface area contributed by atoms with Crippen LogP contribution in [-0.4, -0.2) is 0 Å². The smallest absolute Gasteiger partial charge is 0.197 e. The molecular formula is H18S9. The van der Waals surface area contributed by atoms with Gasteiger partial charge in [-0.15, -0.1) is 0 Å². The Morgan fingerprint density at radius 2 is 0.111 bits per heavy atom. The SMILES string of the molecule is S.S.S.S.S.S.S.S.S. The van der Waals surface area contributed by atoms with Crippen molar-refractivity contribution >= 4 is 121 Å². The molecule has 0 N–H and O–H groups in total. The van der Waals surface area contributed by atoms with Crippen molar-refractivity contribution in [2.24, 2.45) is 0 Å². The molecule has 0 atom stereocenters. The summed E-state index contributed by atoms with van der Waals surface area (Å²) < 4.78 is 0. The van der Waals surface area contributed by atoms with Crippen molar-refractivity contribution in [2.45, 2.75) is 0 Å². The summed E-state index contributed by atoms with van der Waals surface area (Å²) in [5.41, 5.74) is 0. The Labute approximate surface area is 120 Å². The third-order valence-electron chi connectivity index (χ3n) is 0. The van der Waals surface area contributed by atoms with Gasteiger partial charge in [0.05, 0.1) is 0 Å². The number of rotatable bonds is 0. The Morgan fingerprint density at radius 1 is 0.111 bits per heavy atom. The summed E-state index contributed by atoms with van der Waals surface area (Å²) in [5.74, 6) is 0. The lowest BCUT2D eigenvalue weighted by atomic mass is 32.1. The predicted molar refractivity (Wildman–Crippen MR) is 93.4 cm³/mol. The Bertz CT molecular complexity index is 0. The van der Waals surface area contributed by atoms with Crippen molar-refractivity contribution in [3.8, 4) is 0 Å². The first-order valence-corrected chi connectivity index (χ1v) is 0. The highest BCUT2D eigenvalue weighted by Gasteiger charge is -0.189. The van der Waals surface area contributed by atoms with E-state index >= 15 is 0 Å². The van der Waals surface area contributed by atoms with E-state index in [0.717, 1.165) is 0 Å². The lowest BCUT2D eigenvalue weighted by Crippen LogP contribution is 0.647. The van der Waals surface area contributed by atoms with Crippen molar-refractivity contribution in [1.82, 2.24) is 0 Å². The highest BCUT2D eigenvalue weighted by molar-refractivity contribution is 7.60. The van der Waals surface area contributed by atoms with E-state index in [2.05, 4.69) is 0 Å². The Hall–Kier alpha value is 3.15. The zero-order valence-electron chi connectivity index (χ0n) is 4.50. The van der Waals surface area contributed by atoms with E-state index in [0.29, 0.717) is 0 Å². The molecule has 0 saturated carbocycles. The van der Waals surface area contributed by atoms with Gasteiger partial charge in [0.1, 0.15) is 0 Å². The predicted octanol–water partition coefficient (Wildman–Crippen LogP) is 1.02. The van der Waals surface area contributed by atoms with Gasteiger partial charge in [-0.25, -0.2) is 0 Å². The molecule has 9 heteroatoms. The van der Waals surface area contributed by atoms with E-state index in [1.54, 1.807) is 0 Å². The van der Waals surface area contributed by atoms with E-state index in [1.807, 2.05) is 0 Å². The molecule has 0 heterocycles. The van der Waals surface area contributed by atoms with Crippen molar-refractivity contribution in [2.75, 3.05) is 0 Å². The second kappa shape index (κ2) is 116. The summed E-state index contributed by atoms with van der Waals surface area (Å²) in [7, 11) is 0. The molecule has 0 aliphatic rings. The highest BCUT2D eigenvalue weighted by atomic mass is 32.1. The average molecular weight is 307 g/mol. The van der Waals surface area contributed by atoms with Crippen LogP contribution in [0.3, 0.4) is 0 Å². The number of hydrogen-bond acceptors (Lipinski definition) is 0. The molecule has 0 aliphatic carbocycles. The molecule has 0 bridgehead atoms. The van der Waals surface area contributed by atoms with Crippen molar-refractivity contribution in [1.29, 1.82) is 0 Å². The van der Waals surface area contributed by atoms with Gasteiger partial charge in [0.2, 0.25) is 0 Å². The summed E-state index contributed by atoms with van der Waals surface area (Å²) in [6.45, 7) is 0. The third-order valence-corrected chi connectivity index (χ3v) is 0. The molecule has 72 valence electrons. The first-order valence-electron chi connectivity index (χ1n) is 0. The molecule has 0 rings (SSSR count). The lowest BCUT2D eigenvalue weighted by Gasteiger charge is -0.198. The topological polar surface area (TPSA) is 0 Å². The summed E-state index contributed by atoms with van der Waals surface area (Å²) >= 11 is 0. The Balaban J connectivity index is 0. The zero-order chi connectivity index (χ0) is 0. The van der Waals surface area contributed by atoms with Gasteiger partial charge < -0.3 is 0 Å². The van der Waals surface area contributed by atoms with Crippen LogP contribution in [0, 0.1) is 0 Å². The Morgan fingerprint density at radius 3 is 0.111 bits per heavy atom. The van der Waals surface area contributed by atoms with Crippen molar-refractivity contribution in [3.63, 3.8) is 0 Å². The van der Waals surface area contributed by atoms with E-state index < -0.39 is 0 Å². The molecule has 0 aliphatic heterocycles. The van der Waals surface area contributed by atoms with Crippen LogP contribution in [0.5, 0.6) is 0 Å². The first-order chi connectivity index (χ1) is 0. The molecule has 0 aromatic carbocycles. The second-order valence-corrected chi connectivity index (χ2v) is 0. The van der Waals surface area contributed by atoms with Gasteiger partial charge in [-0.2, -0.15) is 121 Å². The minimum atomic E-state index is 0. The molecule has 0 saturated heterocycles. The Kier molecular flexibility index (Phi) is 1960. The maximum atomic E-state index is 0. The molecular weight excluding hydrogens is 289 g/mol. The van der Waals surface area contributed by atoms with E-state index in [4.69, 9.17) is 0 Å². The molecule has 0 spiro atoms. The van der Waals surface area contributed by atoms with Crippen LogP contribution in [0.25, 0.3) is 0 Å². The largest absolute Gasteiger partial charge is 0.197 e. The van der Waals surface area contributed by atoms with Crippen LogP contribution in [-0.2, 0) is 0 Å². The van der Waals surface area contributed by atoms with E-state index in [1.165, 1.54) is 0 Å². The molecule has 0 fully saturated rings. The van der Waals surface area contributed by atoms with Crippen molar-refractivity contribution < 1.29 is 0 Å². The standard InChI is InChI=1S/9H2S/h9*1H2. The van der Waals surface area contributed by atoms with Crippen LogP contribution in [0.2, 0.25) is 0 Å².